The number of hydrogen-bond donors (Lipinski definition) is 1. The standard InChI is InChI=1S/C24H20N4O2S/c1-2-29-19-11-9-18(10-12-19)27-24-28(22(16-31-24)23-8-5-13-30-23)26-15-17-14-25-21-7-4-3-6-20(17)21/h3-16,25H,2H2,1H3. The molecule has 3 heterocycles. The topological polar surface area (TPSA) is 67.8 Å². The number of nitrogens with zero attached hydrogens (tertiary/aromatic N) is 3. The van der Waals surface area contributed by atoms with Crippen molar-refractivity contribution in [3.05, 3.63) is 88.9 Å². The zero-order valence-electron chi connectivity index (χ0n) is 16.9. The fourth-order valence-electron chi connectivity index (χ4n) is 3.30. The highest BCUT2D eigenvalue weighted by Crippen LogP contribution is 2.23. The molecule has 0 aliphatic carbocycles. The van der Waals surface area contributed by atoms with E-state index in [0.717, 1.165) is 44.2 Å². The highest BCUT2D eigenvalue weighted by molar-refractivity contribution is 7.07. The minimum absolute atomic E-state index is 0.635. The average molecular weight is 429 g/mol. The van der Waals surface area contributed by atoms with Crippen LogP contribution < -0.4 is 9.54 Å². The fourth-order valence-corrected chi connectivity index (χ4v) is 4.13. The second-order valence-electron chi connectivity index (χ2n) is 6.77. The molecule has 0 atom stereocenters. The van der Waals surface area contributed by atoms with E-state index in [9.17, 15) is 0 Å². The smallest absolute Gasteiger partial charge is 0.211 e. The Morgan fingerprint density at radius 1 is 1.10 bits per heavy atom. The van der Waals surface area contributed by atoms with Crippen LogP contribution in [-0.4, -0.2) is 22.5 Å². The lowest BCUT2D eigenvalue weighted by Gasteiger charge is -2.02. The van der Waals surface area contributed by atoms with E-state index in [1.165, 1.54) is 11.3 Å². The molecule has 0 aliphatic rings. The van der Waals surface area contributed by atoms with Gasteiger partial charge in [-0.15, -0.1) is 11.3 Å². The maximum absolute atomic E-state index is 5.62. The molecule has 5 aromatic rings. The Bertz CT molecular complexity index is 1390. The van der Waals surface area contributed by atoms with Gasteiger partial charge in [-0.3, -0.25) is 0 Å². The third kappa shape index (κ3) is 3.95. The number of thiazole rings is 1. The van der Waals surface area contributed by atoms with Crippen LogP contribution in [0.4, 0.5) is 5.69 Å². The summed E-state index contributed by atoms with van der Waals surface area (Å²) in [6.45, 7) is 2.60. The predicted molar refractivity (Wildman–Crippen MR) is 124 cm³/mol. The van der Waals surface area contributed by atoms with Crippen molar-refractivity contribution in [1.29, 1.82) is 0 Å². The summed E-state index contributed by atoms with van der Waals surface area (Å²) in [4.78, 5) is 8.82. The molecule has 0 radical (unpaired) electrons. The van der Waals surface area contributed by atoms with Crippen molar-refractivity contribution in [2.45, 2.75) is 6.92 Å². The lowest BCUT2D eigenvalue weighted by molar-refractivity contribution is 0.340. The number of aromatic nitrogens is 2. The molecular formula is C24H20N4O2S. The minimum Gasteiger partial charge on any atom is -0.494 e. The van der Waals surface area contributed by atoms with Crippen molar-refractivity contribution in [1.82, 2.24) is 9.66 Å². The van der Waals surface area contributed by atoms with Crippen LogP contribution in [0.1, 0.15) is 12.5 Å². The molecular weight excluding hydrogens is 408 g/mol. The molecule has 0 spiro atoms. The Morgan fingerprint density at radius 2 is 1.97 bits per heavy atom. The zero-order chi connectivity index (χ0) is 21.0. The Labute approximate surface area is 182 Å². The fraction of sp³-hybridized carbons (Fsp3) is 0.0833. The van der Waals surface area contributed by atoms with Crippen LogP contribution >= 0.6 is 11.3 Å². The molecule has 0 amide bonds. The van der Waals surface area contributed by atoms with Gasteiger partial charge < -0.3 is 14.1 Å². The molecule has 7 heteroatoms. The predicted octanol–water partition coefficient (Wildman–Crippen LogP) is 5.80. The summed E-state index contributed by atoms with van der Waals surface area (Å²) >= 11 is 1.51. The largest absolute Gasteiger partial charge is 0.494 e. The quantitative estimate of drug-likeness (QED) is 0.347. The highest BCUT2D eigenvalue weighted by Gasteiger charge is 2.10. The molecule has 0 fully saturated rings. The molecule has 1 N–H and O–H groups in total. The molecule has 0 saturated heterocycles. The van der Waals surface area contributed by atoms with Gasteiger partial charge in [-0.25, -0.2) is 9.67 Å². The van der Waals surface area contributed by atoms with Gasteiger partial charge in [-0.1, -0.05) is 18.2 Å². The Morgan fingerprint density at radius 3 is 2.77 bits per heavy atom. The molecule has 3 aromatic heterocycles. The summed E-state index contributed by atoms with van der Waals surface area (Å²) in [7, 11) is 0. The van der Waals surface area contributed by atoms with Gasteiger partial charge in [0, 0.05) is 28.0 Å². The lowest BCUT2D eigenvalue weighted by Crippen LogP contribution is -2.11. The van der Waals surface area contributed by atoms with Crippen molar-refractivity contribution in [3.8, 4) is 17.2 Å². The van der Waals surface area contributed by atoms with Gasteiger partial charge in [0.05, 0.1) is 24.8 Å². The highest BCUT2D eigenvalue weighted by atomic mass is 32.1. The molecule has 0 bridgehead atoms. The first kappa shape index (κ1) is 19.1. The normalized spacial score (nSPS) is 12.2. The summed E-state index contributed by atoms with van der Waals surface area (Å²) < 4.78 is 12.9. The SMILES string of the molecule is CCOc1ccc(N=c2scc(-c3ccco3)n2N=Cc2c[nH]c3ccccc23)cc1. The Balaban J connectivity index is 1.58. The number of ether oxygens (including phenoxy) is 1. The maximum atomic E-state index is 5.62. The van der Waals surface area contributed by atoms with Gasteiger partial charge in [0.1, 0.15) is 11.4 Å². The number of rotatable bonds is 6. The molecule has 31 heavy (non-hydrogen) atoms. The molecule has 154 valence electrons. The zero-order valence-corrected chi connectivity index (χ0v) is 17.7. The summed E-state index contributed by atoms with van der Waals surface area (Å²) in [5, 5.41) is 7.88. The van der Waals surface area contributed by atoms with Crippen molar-refractivity contribution in [2.75, 3.05) is 6.61 Å². The van der Waals surface area contributed by atoms with Gasteiger partial charge >= 0.3 is 0 Å². The van der Waals surface area contributed by atoms with E-state index in [1.807, 2.05) is 84.0 Å². The molecule has 5 rings (SSSR count). The van der Waals surface area contributed by atoms with Crippen molar-refractivity contribution < 1.29 is 9.15 Å². The average Bonchev–Trinajstić information content (AvgIpc) is 3.54. The van der Waals surface area contributed by atoms with Gasteiger partial charge in [-0.2, -0.15) is 5.10 Å². The Kier molecular flexibility index (Phi) is 5.24. The molecule has 0 aliphatic heterocycles. The summed E-state index contributed by atoms with van der Waals surface area (Å²) in [5.41, 5.74) is 3.75. The molecule has 2 aromatic carbocycles. The van der Waals surface area contributed by atoms with Crippen LogP contribution in [0, 0.1) is 0 Å². The number of furan rings is 1. The van der Waals surface area contributed by atoms with E-state index in [4.69, 9.17) is 19.2 Å². The number of para-hydroxylation sites is 1. The first-order chi connectivity index (χ1) is 15.3. The number of fused-ring (bicyclic) bond motifs is 1. The number of H-pyrrole nitrogens is 1. The second-order valence-corrected chi connectivity index (χ2v) is 7.60. The maximum Gasteiger partial charge on any atom is 0.211 e. The van der Waals surface area contributed by atoms with Gasteiger partial charge in [0.25, 0.3) is 0 Å². The number of benzene rings is 2. The van der Waals surface area contributed by atoms with Crippen LogP contribution in [0.2, 0.25) is 0 Å². The van der Waals surface area contributed by atoms with Crippen LogP contribution in [0.15, 0.2) is 93.0 Å². The van der Waals surface area contributed by atoms with Crippen molar-refractivity contribution >= 4 is 34.1 Å². The lowest BCUT2D eigenvalue weighted by atomic mass is 10.2. The number of nitrogens with one attached hydrogen (secondary N) is 1. The van der Waals surface area contributed by atoms with Crippen molar-refractivity contribution in [3.63, 3.8) is 0 Å². The van der Waals surface area contributed by atoms with E-state index in [2.05, 4.69) is 11.1 Å². The van der Waals surface area contributed by atoms with Crippen molar-refractivity contribution in [2.24, 2.45) is 10.1 Å². The third-order valence-electron chi connectivity index (χ3n) is 4.76. The second kappa shape index (κ2) is 8.49. The monoisotopic (exact) mass is 428 g/mol. The van der Waals surface area contributed by atoms with Gasteiger partial charge in [0.2, 0.25) is 4.80 Å². The minimum atomic E-state index is 0.635. The van der Waals surface area contributed by atoms with E-state index < -0.39 is 0 Å². The van der Waals surface area contributed by atoms with E-state index >= 15 is 0 Å². The van der Waals surface area contributed by atoms with Gasteiger partial charge in [0.15, 0.2) is 5.76 Å². The van der Waals surface area contributed by atoms with Crippen LogP contribution in [0.5, 0.6) is 5.75 Å². The first-order valence-electron chi connectivity index (χ1n) is 9.94. The van der Waals surface area contributed by atoms with Gasteiger partial charge in [-0.05, 0) is 49.4 Å². The number of hydrogen-bond acceptors (Lipinski definition) is 5. The molecule has 6 nitrogen and oxygen atoms in total. The molecule has 0 unspecified atom stereocenters. The van der Waals surface area contributed by atoms with E-state index in [-0.39, 0.29) is 0 Å². The van der Waals surface area contributed by atoms with Crippen LogP contribution in [0.3, 0.4) is 0 Å². The van der Waals surface area contributed by atoms with E-state index in [1.54, 1.807) is 6.26 Å². The van der Waals surface area contributed by atoms with Crippen LogP contribution in [0.25, 0.3) is 22.4 Å². The van der Waals surface area contributed by atoms with E-state index in [0.29, 0.717) is 6.61 Å². The summed E-state index contributed by atoms with van der Waals surface area (Å²) in [6.07, 6.45) is 5.45. The summed E-state index contributed by atoms with van der Waals surface area (Å²) in [5.74, 6) is 1.56. The first-order valence-corrected chi connectivity index (χ1v) is 10.8. The number of aromatic amines is 1. The van der Waals surface area contributed by atoms with Crippen LogP contribution in [-0.2, 0) is 0 Å². The molecule has 0 saturated carbocycles. The Hall–Kier alpha value is -3.84. The third-order valence-corrected chi connectivity index (χ3v) is 5.58. The summed E-state index contributed by atoms with van der Waals surface area (Å²) in [6, 6.07) is 19.6.